The summed E-state index contributed by atoms with van der Waals surface area (Å²) >= 11 is 0. The largest absolute Gasteiger partial charge is 0.507 e. The molecule has 0 spiro atoms. The molecule has 2 aromatic carbocycles. The zero-order valence-electron chi connectivity index (χ0n) is 18.0. The van der Waals surface area contributed by atoms with Gasteiger partial charge in [-0.1, -0.05) is 58.0 Å². The van der Waals surface area contributed by atoms with E-state index < -0.39 is 0 Å². The first kappa shape index (κ1) is 21.1. The third kappa shape index (κ3) is 4.70. The Labute approximate surface area is 172 Å². The molecule has 0 aliphatic heterocycles. The van der Waals surface area contributed by atoms with Gasteiger partial charge in [-0.05, 0) is 42.0 Å². The monoisotopic (exact) mass is 393 g/mol. The molecule has 0 saturated heterocycles. The highest BCUT2D eigenvalue weighted by molar-refractivity contribution is 5.89. The molecule has 0 amide bonds. The second kappa shape index (κ2) is 8.83. The Morgan fingerprint density at radius 2 is 1.59 bits per heavy atom. The van der Waals surface area contributed by atoms with Crippen LogP contribution in [0.5, 0.6) is 5.75 Å². The maximum absolute atomic E-state index is 12.9. The highest BCUT2D eigenvalue weighted by Gasteiger charge is 2.20. The van der Waals surface area contributed by atoms with E-state index in [1.165, 1.54) is 0 Å². The third-order valence-corrected chi connectivity index (χ3v) is 5.10. The van der Waals surface area contributed by atoms with Crippen molar-refractivity contribution < 1.29 is 9.52 Å². The summed E-state index contributed by atoms with van der Waals surface area (Å²) in [7, 11) is 0. The number of fused-ring (bicyclic) bond motifs is 1. The summed E-state index contributed by atoms with van der Waals surface area (Å²) in [4.78, 5) is 15.2. The van der Waals surface area contributed by atoms with Crippen LogP contribution in [-0.4, -0.2) is 23.1 Å². The number of rotatable bonds is 7. The van der Waals surface area contributed by atoms with Gasteiger partial charge in [0.05, 0.1) is 11.1 Å². The van der Waals surface area contributed by atoms with Gasteiger partial charge in [0, 0.05) is 25.0 Å². The fourth-order valence-electron chi connectivity index (χ4n) is 4.01. The van der Waals surface area contributed by atoms with Gasteiger partial charge in [0.1, 0.15) is 11.3 Å². The number of nitrogens with zero attached hydrogens (tertiary/aromatic N) is 1. The molecule has 154 valence electrons. The summed E-state index contributed by atoms with van der Waals surface area (Å²) in [5, 5.41) is 11.5. The lowest BCUT2D eigenvalue weighted by molar-refractivity contribution is 0.209. The Bertz CT molecular complexity index is 1030. The Morgan fingerprint density at radius 3 is 2.17 bits per heavy atom. The summed E-state index contributed by atoms with van der Waals surface area (Å²) in [6.45, 7) is 13.1. The summed E-state index contributed by atoms with van der Waals surface area (Å²) in [5.41, 5.74) is 3.11. The maximum atomic E-state index is 12.9. The Balaban J connectivity index is 2.13. The van der Waals surface area contributed by atoms with Crippen LogP contribution in [0.15, 0.2) is 51.7 Å². The average Bonchev–Trinajstić information content (AvgIpc) is 2.64. The molecule has 1 N–H and O–H groups in total. The number of aromatic hydroxyl groups is 1. The molecule has 3 rings (SSSR count). The lowest BCUT2D eigenvalue weighted by Crippen LogP contribution is -2.31. The molecule has 0 saturated carbocycles. The maximum Gasteiger partial charge on any atom is 0.344 e. The SMILES string of the molecule is Cc1c(-c2ccccc2)c(=O)oc2c(CN(CC(C)C)CC(C)C)c(O)ccc12. The number of benzene rings is 2. The minimum atomic E-state index is -0.368. The zero-order chi connectivity index (χ0) is 21.1. The van der Waals surface area contributed by atoms with E-state index in [0.29, 0.717) is 35.1 Å². The standard InChI is InChI=1S/C25H31NO3/c1-16(2)13-26(14-17(3)4)15-21-22(27)12-11-20-18(5)23(25(28)29-24(20)21)19-9-7-6-8-10-19/h6-12,16-17,27H,13-15H2,1-5H3. The van der Waals surface area contributed by atoms with Crippen molar-refractivity contribution >= 4 is 11.0 Å². The predicted molar refractivity (Wildman–Crippen MR) is 119 cm³/mol. The van der Waals surface area contributed by atoms with Crippen LogP contribution < -0.4 is 5.63 Å². The van der Waals surface area contributed by atoms with Gasteiger partial charge < -0.3 is 9.52 Å². The van der Waals surface area contributed by atoms with E-state index in [4.69, 9.17) is 4.42 Å². The molecular weight excluding hydrogens is 362 g/mol. The topological polar surface area (TPSA) is 53.7 Å². The molecule has 0 radical (unpaired) electrons. The van der Waals surface area contributed by atoms with Crippen LogP contribution in [-0.2, 0) is 6.54 Å². The molecule has 0 atom stereocenters. The Kier molecular flexibility index (Phi) is 6.43. The molecule has 4 nitrogen and oxygen atoms in total. The molecule has 0 aliphatic rings. The summed E-state index contributed by atoms with van der Waals surface area (Å²) in [6, 6.07) is 13.1. The molecule has 4 heteroatoms. The van der Waals surface area contributed by atoms with Crippen LogP contribution in [0, 0.1) is 18.8 Å². The Hall–Kier alpha value is -2.59. The normalized spacial score (nSPS) is 11.9. The van der Waals surface area contributed by atoms with E-state index in [2.05, 4.69) is 32.6 Å². The van der Waals surface area contributed by atoms with Crippen LogP contribution >= 0.6 is 0 Å². The summed E-state index contributed by atoms with van der Waals surface area (Å²) in [5.74, 6) is 1.18. The van der Waals surface area contributed by atoms with E-state index in [1.54, 1.807) is 6.07 Å². The first-order valence-electron chi connectivity index (χ1n) is 10.3. The highest BCUT2D eigenvalue weighted by atomic mass is 16.4. The van der Waals surface area contributed by atoms with E-state index in [1.807, 2.05) is 43.3 Å². The van der Waals surface area contributed by atoms with Crippen LogP contribution in [0.4, 0.5) is 0 Å². The van der Waals surface area contributed by atoms with Gasteiger partial charge in [-0.2, -0.15) is 0 Å². The molecule has 1 aromatic heterocycles. The van der Waals surface area contributed by atoms with Crippen molar-refractivity contribution in [2.45, 2.75) is 41.2 Å². The van der Waals surface area contributed by atoms with Crippen LogP contribution in [0.3, 0.4) is 0 Å². The number of hydrogen-bond acceptors (Lipinski definition) is 4. The van der Waals surface area contributed by atoms with Gasteiger partial charge in [-0.25, -0.2) is 4.79 Å². The number of phenols is 1. The van der Waals surface area contributed by atoms with Crippen molar-refractivity contribution in [3.63, 3.8) is 0 Å². The van der Waals surface area contributed by atoms with Crippen molar-refractivity contribution in [3.05, 3.63) is 64.0 Å². The molecule has 3 aromatic rings. The fourth-order valence-corrected chi connectivity index (χ4v) is 4.01. The molecule has 29 heavy (non-hydrogen) atoms. The van der Waals surface area contributed by atoms with E-state index >= 15 is 0 Å². The van der Waals surface area contributed by atoms with Gasteiger partial charge in [0.15, 0.2) is 0 Å². The smallest absolute Gasteiger partial charge is 0.344 e. The van der Waals surface area contributed by atoms with Gasteiger partial charge in [0.2, 0.25) is 0 Å². The lowest BCUT2D eigenvalue weighted by atomic mass is 9.97. The second-order valence-corrected chi connectivity index (χ2v) is 8.68. The molecule has 1 heterocycles. The van der Waals surface area contributed by atoms with E-state index in [9.17, 15) is 9.90 Å². The summed E-state index contributed by atoms with van der Waals surface area (Å²) in [6.07, 6.45) is 0. The molecular formula is C25H31NO3. The van der Waals surface area contributed by atoms with Crippen LogP contribution in [0.1, 0.15) is 38.8 Å². The average molecular weight is 394 g/mol. The van der Waals surface area contributed by atoms with Crippen molar-refractivity contribution in [3.8, 4) is 16.9 Å². The first-order valence-corrected chi connectivity index (χ1v) is 10.3. The van der Waals surface area contributed by atoms with Crippen LogP contribution in [0.2, 0.25) is 0 Å². The van der Waals surface area contributed by atoms with Crippen molar-refractivity contribution in [2.75, 3.05) is 13.1 Å². The quantitative estimate of drug-likeness (QED) is 0.532. The predicted octanol–water partition coefficient (Wildman–Crippen LogP) is 5.59. The molecule has 0 unspecified atom stereocenters. The van der Waals surface area contributed by atoms with E-state index in [0.717, 1.165) is 29.6 Å². The lowest BCUT2D eigenvalue weighted by Gasteiger charge is -2.26. The molecule has 0 bridgehead atoms. The van der Waals surface area contributed by atoms with E-state index in [-0.39, 0.29) is 11.4 Å². The van der Waals surface area contributed by atoms with Crippen molar-refractivity contribution in [1.82, 2.24) is 4.90 Å². The highest BCUT2D eigenvalue weighted by Crippen LogP contribution is 2.33. The molecule has 0 fully saturated rings. The minimum absolute atomic E-state index is 0.171. The number of phenolic OH excluding ortho intramolecular Hbond substituents is 1. The third-order valence-electron chi connectivity index (χ3n) is 5.10. The Morgan fingerprint density at radius 1 is 0.966 bits per heavy atom. The first-order chi connectivity index (χ1) is 13.8. The zero-order valence-corrected chi connectivity index (χ0v) is 18.0. The fraction of sp³-hybridized carbons (Fsp3) is 0.400. The van der Waals surface area contributed by atoms with Crippen molar-refractivity contribution in [1.29, 1.82) is 0 Å². The van der Waals surface area contributed by atoms with Crippen molar-refractivity contribution in [2.24, 2.45) is 11.8 Å². The summed E-state index contributed by atoms with van der Waals surface area (Å²) < 4.78 is 5.81. The van der Waals surface area contributed by atoms with Gasteiger partial charge in [-0.3, -0.25) is 4.90 Å². The molecule has 0 aliphatic carbocycles. The van der Waals surface area contributed by atoms with Gasteiger partial charge in [0.25, 0.3) is 0 Å². The minimum Gasteiger partial charge on any atom is -0.507 e. The number of hydrogen-bond donors (Lipinski definition) is 1. The van der Waals surface area contributed by atoms with Gasteiger partial charge in [-0.15, -0.1) is 0 Å². The van der Waals surface area contributed by atoms with Crippen LogP contribution in [0.25, 0.3) is 22.1 Å². The number of aryl methyl sites for hydroxylation is 1. The van der Waals surface area contributed by atoms with Gasteiger partial charge >= 0.3 is 5.63 Å². The second-order valence-electron chi connectivity index (χ2n) is 8.68.